The highest BCUT2D eigenvalue weighted by atomic mass is 19.4. The summed E-state index contributed by atoms with van der Waals surface area (Å²) in [6.07, 6.45) is -3.12. The van der Waals surface area contributed by atoms with E-state index >= 15 is 0 Å². The molecule has 0 aliphatic carbocycles. The van der Waals surface area contributed by atoms with Crippen LogP contribution >= 0.6 is 0 Å². The molecule has 0 bridgehead atoms. The van der Waals surface area contributed by atoms with E-state index < -0.39 is 17.5 Å². The van der Waals surface area contributed by atoms with Gasteiger partial charge in [-0.2, -0.15) is 18.2 Å². The van der Waals surface area contributed by atoms with Crippen LogP contribution in [0, 0.1) is 0 Å². The van der Waals surface area contributed by atoms with Gasteiger partial charge in [0.1, 0.15) is 6.61 Å². The SMILES string of the molecule is O=C=NC1(c2cccc(C(F)(F)F)c2)CO1. The Bertz CT molecular complexity index is 459. The molecule has 3 nitrogen and oxygen atoms in total. The molecule has 0 radical (unpaired) electrons. The lowest BCUT2D eigenvalue weighted by Gasteiger charge is -2.10. The summed E-state index contributed by atoms with van der Waals surface area (Å²) in [6, 6.07) is 4.56. The van der Waals surface area contributed by atoms with Crippen molar-refractivity contribution in [1.82, 2.24) is 0 Å². The molecule has 1 saturated heterocycles. The number of halogens is 3. The summed E-state index contributed by atoms with van der Waals surface area (Å²) in [5.41, 5.74) is -1.82. The average Bonchev–Trinajstić information content (AvgIpc) is 2.99. The number of aliphatic imine (C=N–C) groups is 1. The molecular weight excluding hydrogens is 223 g/mol. The van der Waals surface area contributed by atoms with Crippen molar-refractivity contribution >= 4 is 6.08 Å². The summed E-state index contributed by atoms with van der Waals surface area (Å²) >= 11 is 0. The van der Waals surface area contributed by atoms with E-state index in [1.165, 1.54) is 18.2 Å². The third kappa shape index (κ3) is 1.85. The number of isocyanates is 1. The smallest absolute Gasteiger partial charge is 0.342 e. The predicted octanol–water partition coefficient (Wildman–Crippen LogP) is 2.22. The van der Waals surface area contributed by atoms with Gasteiger partial charge in [-0.1, -0.05) is 12.1 Å². The summed E-state index contributed by atoms with van der Waals surface area (Å²) in [4.78, 5) is 13.5. The average molecular weight is 229 g/mol. The lowest BCUT2D eigenvalue weighted by atomic mass is 10.0. The van der Waals surface area contributed by atoms with Crippen LogP contribution in [0.2, 0.25) is 0 Å². The van der Waals surface area contributed by atoms with E-state index in [0.29, 0.717) is 0 Å². The molecular formula is C10H6F3NO2. The summed E-state index contributed by atoms with van der Waals surface area (Å²) < 4.78 is 42.1. The van der Waals surface area contributed by atoms with E-state index in [2.05, 4.69) is 4.99 Å². The van der Waals surface area contributed by atoms with Gasteiger partial charge in [-0.25, -0.2) is 4.79 Å². The first-order valence-electron chi connectivity index (χ1n) is 4.39. The van der Waals surface area contributed by atoms with Crippen LogP contribution in [0.3, 0.4) is 0 Å². The van der Waals surface area contributed by atoms with Gasteiger partial charge >= 0.3 is 6.18 Å². The first-order valence-corrected chi connectivity index (χ1v) is 4.39. The van der Waals surface area contributed by atoms with Crippen molar-refractivity contribution in [2.24, 2.45) is 4.99 Å². The molecule has 1 fully saturated rings. The van der Waals surface area contributed by atoms with Gasteiger partial charge in [0.05, 0.1) is 5.56 Å². The van der Waals surface area contributed by atoms with Crippen molar-refractivity contribution in [2.75, 3.05) is 6.61 Å². The number of hydrogen-bond donors (Lipinski definition) is 0. The van der Waals surface area contributed by atoms with Crippen molar-refractivity contribution < 1.29 is 22.7 Å². The monoisotopic (exact) mass is 229 g/mol. The maximum atomic E-state index is 12.4. The lowest BCUT2D eigenvalue weighted by Crippen LogP contribution is -2.09. The topological polar surface area (TPSA) is 42.0 Å². The predicted molar refractivity (Wildman–Crippen MR) is 47.2 cm³/mol. The molecule has 1 heterocycles. The van der Waals surface area contributed by atoms with Gasteiger partial charge in [0.2, 0.25) is 11.8 Å². The van der Waals surface area contributed by atoms with Crippen molar-refractivity contribution in [3.63, 3.8) is 0 Å². The van der Waals surface area contributed by atoms with Gasteiger partial charge < -0.3 is 4.74 Å². The number of carbonyl (C=O) groups excluding carboxylic acids is 1. The molecule has 16 heavy (non-hydrogen) atoms. The molecule has 1 aromatic carbocycles. The first kappa shape index (κ1) is 10.9. The van der Waals surface area contributed by atoms with Gasteiger partial charge in [-0.15, -0.1) is 0 Å². The van der Waals surface area contributed by atoms with Gasteiger partial charge in [-0.3, -0.25) is 0 Å². The number of benzene rings is 1. The molecule has 1 atom stereocenters. The first-order chi connectivity index (χ1) is 7.48. The Morgan fingerprint density at radius 3 is 2.62 bits per heavy atom. The number of hydrogen-bond acceptors (Lipinski definition) is 3. The van der Waals surface area contributed by atoms with E-state index in [1.807, 2.05) is 0 Å². The Hall–Kier alpha value is -1.65. The van der Waals surface area contributed by atoms with Crippen LogP contribution in [0.5, 0.6) is 0 Å². The molecule has 84 valence electrons. The number of ether oxygens (including phenoxy) is 1. The van der Waals surface area contributed by atoms with Crippen LogP contribution in [0.4, 0.5) is 13.2 Å². The zero-order chi connectivity index (χ0) is 11.8. The lowest BCUT2D eigenvalue weighted by molar-refractivity contribution is -0.137. The number of rotatable bonds is 2. The summed E-state index contributed by atoms with van der Waals surface area (Å²) in [6.45, 7) is 0.101. The third-order valence-corrected chi connectivity index (χ3v) is 2.28. The zero-order valence-corrected chi connectivity index (χ0v) is 7.91. The van der Waals surface area contributed by atoms with Crippen LogP contribution in [0.1, 0.15) is 11.1 Å². The molecule has 2 rings (SSSR count). The van der Waals surface area contributed by atoms with Gasteiger partial charge in [0.15, 0.2) is 0 Å². The molecule has 1 unspecified atom stereocenters. The number of nitrogens with zero attached hydrogens (tertiary/aromatic N) is 1. The number of epoxide rings is 1. The fraction of sp³-hybridized carbons (Fsp3) is 0.300. The van der Waals surface area contributed by atoms with E-state index in [1.54, 1.807) is 0 Å². The van der Waals surface area contributed by atoms with Crippen LogP contribution in [-0.2, 0) is 21.4 Å². The Kier molecular flexibility index (Phi) is 2.33. The summed E-state index contributed by atoms with van der Waals surface area (Å²) in [5, 5.41) is 0. The van der Waals surface area contributed by atoms with Crippen molar-refractivity contribution in [1.29, 1.82) is 0 Å². The molecule has 0 N–H and O–H groups in total. The van der Waals surface area contributed by atoms with E-state index in [4.69, 9.17) is 4.74 Å². The van der Waals surface area contributed by atoms with Gasteiger partial charge in [-0.05, 0) is 12.1 Å². The molecule has 1 aromatic rings. The van der Waals surface area contributed by atoms with Crippen LogP contribution < -0.4 is 0 Å². The largest absolute Gasteiger partial charge is 0.416 e. The fourth-order valence-corrected chi connectivity index (χ4v) is 1.38. The maximum absolute atomic E-state index is 12.4. The standard InChI is InChI=1S/C10H6F3NO2/c11-10(12,13)8-3-1-2-7(4-8)9(5-16-9)14-6-15/h1-4H,5H2. The van der Waals surface area contributed by atoms with Crippen LogP contribution in [0.25, 0.3) is 0 Å². The molecule has 6 heteroatoms. The Labute approximate surface area is 88.6 Å². The van der Waals surface area contributed by atoms with Crippen molar-refractivity contribution in [2.45, 2.75) is 11.9 Å². The molecule has 0 spiro atoms. The van der Waals surface area contributed by atoms with Gasteiger partial charge in [0, 0.05) is 5.56 Å². The number of alkyl halides is 3. The normalized spacial score (nSPS) is 23.7. The van der Waals surface area contributed by atoms with Crippen molar-refractivity contribution in [3.8, 4) is 0 Å². The summed E-state index contributed by atoms with van der Waals surface area (Å²) in [5.74, 6) is 0. The summed E-state index contributed by atoms with van der Waals surface area (Å²) in [7, 11) is 0. The third-order valence-electron chi connectivity index (χ3n) is 2.28. The van der Waals surface area contributed by atoms with Gasteiger partial charge in [0.25, 0.3) is 0 Å². The zero-order valence-electron chi connectivity index (χ0n) is 7.91. The van der Waals surface area contributed by atoms with E-state index in [-0.39, 0.29) is 12.2 Å². The second-order valence-corrected chi connectivity index (χ2v) is 3.35. The minimum Gasteiger partial charge on any atom is -0.342 e. The minimum absolute atomic E-state index is 0.101. The minimum atomic E-state index is -4.42. The van der Waals surface area contributed by atoms with E-state index in [0.717, 1.165) is 12.1 Å². The molecule has 1 aliphatic heterocycles. The van der Waals surface area contributed by atoms with Crippen LogP contribution in [-0.4, -0.2) is 12.7 Å². The molecule has 0 amide bonds. The molecule has 0 aromatic heterocycles. The van der Waals surface area contributed by atoms with Crippen molar-refractivity contribution in [3.05, 3.63) is 35.4 Å². The van der Waals surface area contributed by atoms with E-state index in [9.17, 15) is 18.0 Å². The molecule has 0 saturated carbocycles. The molecule has 1 aliphatic rings. The second-order valence-electron chi connectivity index (χ2n) is 3.35. The second kappa shape index (κ2) is 3.43. The Balaban J connectivity index is 2.41. The quantitative estimate of drug-likeness (QED) is 0.443. The maximum Gasteiger partial charge on any atom is 0.416 e. The fourth-order valence-electron chi connectivity index (χ4n) is 1.38. The highest BCUT2D eigenvalue weighted by molar-refractivity contribution is 5.40. The highest BCUT2D eigenvalue weighted by Crippen LogP contribution is 2.41. The van der Waals surface area contributed by atoms with Crippen LogP contribution in [0.15, 0.2) is 29.3 Å². The highest BCUT2D eigenvalue weighted by Gasteiger charge is 2.48. The Morgan fingerprint density at radius 1 is 1.44 bits per heavy atom. The Morgan fingerprint density at radius 2 is 2.12 bits per heavy atom.